The van der Waals surface area contributed by atoms with Gasteiger partial charge in [0.05, 0.1) is 13.2 Å². The number of carbonyl (C=O) groups is 4. The lowest BCUT2D eigenvalue weighted by Gasteiger charge is -2.32. The van der Waals surface area contributed by atoms with Gasteiger partial charge in [0.25, 0.3) is 0 Å². The molecule has 4 rings (SSSR count). The minimum atomic E-state index is -4.34. The van der Waals surface area contributed by atoms with Gasteiger partial charge >= 0.3 is 11.9 Å². The highest BCUT2D eigenvalue weighted by Gasteiger charge is 2.55. The minimum Gasteiger partial charge on any atom is -0.464 e. The molecule has 0 bridgehead atoms. The van der Waals surface area contributed by atoms with Gasteiger partial charge in [-0.15, -0.1) is 0 Å². The molecular formula is C28H30F2N2O5. The Morgan fingerprint density at radius 2 is 1.38 bits per heavy atom. The number of likely N-dealkylation sites (tertiary alicyclic amines) is 2. The van der Waals surface area contributed by atoms with Gasteiger partial charge in [-0.3, -0.25) is 14.4 Å². The van der Waals surface area contributed by atoms with Crippen LogP contribution in [0.4, 0.5) is 8.78 Å². The molecule has 7 nitrogen and oxygen atoms in total. The highest BCUT2D eigenvalue weighted by molar-refractivity contribution is 6.09. The topological polar surface area (TPSA) is 84.0 Å². The van der Waals surface area contributed by atoms with Gasteiger partial charge in [-0.1, -0.05) is 60.7 Å². The lowest BCUT2D eigenvalue weighted by Crippen LogP contribution is -2.55. The fourth-order valence-corrected chi connectivity index (χ4v) is 5.35. The Labute approximate surface area is 214 Å². The van der Waals surface area contributed by atoms with E-state index in [4.69, 9.17) is 0 Å². The van der Waals surface area contributed by atoms with Crippen LogP contribution in [0.2, 0.25) is 0 Å². The molecule has 0 aromatic heterocycles. The predicted molar refractivity (Wildman–Crippen MR) is 131 cm³/mol. The van der Waals surface area contributed by atoms with E-state index >= 15 is 0 Å². The molecule has 2 atom stereocenters. The predicted octanol–water partition coefficient (Wildman–Crippen LogP) is 3.57. The summed E-state index contributed by atoms with van der Waals surface area (Å²) in [4.78, 5) is 53.7. The summed E-state index contributed by atoms with van der Waals surface area (Å²) < 4.78 is 32.7. The molecule has 0 N–H and O–H groups in total. The Hall–Kier alpha value is -3.62. The molecule has 0 spiro atoms. The van der Waals surface area contributed by atoms with Crippen LogP contribution in [0.1, 0.15) is 49.1 Å². The lowest BCUT2D eigenvalue weighted by atomic mass is 9.88. The molecule has 0 saturated carbocycles. The minimum absolute atomic E-state index is 0.0297. The first-order valence-electron chi connectivity index (χ1n) is 12.5. The van der Waals surface area contributed by atoms with Crippen LogP contribution in [0.15, 0.2) is 60.7 Å². The molecule has 2 amide bonds. The molecular weight excluding hydrogens is 482 g/mol. The third-order valence-corrected chi connectivity index (χ3v) is 7.23. The second-order valence-corrected chi connectivity index (χ2v) is 9.44. The number of hydrogen-bond donors (Lipinski definition) is 0. The second kappa shape index (κ2) is 11.2. The Morgan fingerprint density at radius 3 is 1.92 bits per heavy atom. The number of ether oxygens (including phenoxy) is 1. The van der Waals surface area contributed by atoms with Crippen LogP contribution < -0.4 is 0 Å². The highest BCUT2D eigenvalue weighted by Crippen LogP contribution is 2.33. The summed E-state index contributed by atoms with van der Waals surface area (Å²) in [5.41, 5.74) is 1.94. The Kier molecular flexibility index (Phi) is 8.00. The number of hydrogen-bond acceptors (Lipinski definition) is 5. The molecule has 2 fully saturated rings. The van der Waals surface area contributed by atoms with Crippen LogP contribution >= 0.6 is 0 Å². The van der Waals surface area contributed by atoms with Gasteiger partial charge in [0, 0.05) is 25.4 Å². The van der Waals surface area contributed by atoms with Gasteiger partial charge < -0.3 is 14.5 Å². The number of carbonyl (C=O) groups excluding carboxylic acids is 4. The van der Waals surface area contributed by atoms with E-state index in [9.17, 15) is 28.0 Å². The number of nitrogens with zero attached hydrogens (tertiary/aromatic N) is 2. The van der Waals surface area contributed by atoms with E-state index in [2.05, 4.69) is 4.74 Å². The average molecular weight is 513 g/mol. The van der Waals surface area contributed by atoms with Crippen molar-refractivity contribution >= 4 is 23.6 Å². The summed E-state index contributed by atoms with van der Waals surface area (Å²) in [6.07, 6.45) is 1.50. The number of ketones is 1. The zero-order valence-electron chi connectivity index (χ0n) is 20.6. The van der Waals surface area contributed by atoms with Crippen molar-refractivity contribution in [3.63, 3.8) is 0 Å². The molecule has 1 unspecified atom stereocenters. The van der Waals surface area contributed by atoms with Crippen LogP contribution in [0.3, 0.4) is 0 Å². The van der Waals surface area contributed by atoms with Crippen molar-refractivity contribution in [2.24, 2.45) is 0 Å². The molecule has 9 heteroatoms. The first kappa shape index (κ1) is 26.4. The van der Waals surface area contributed by atoms with Crippen molar-refractivity contribution in [2.45, 2.75) is 56.0 Å². The third kappa shape index (κ3) is 5.40. The van der Waals surface area contributed by atoms with Crippen LogP contribution in [0.5, 0.6) is 0 Å². The molecule has 2 aliphatic rings. The molecule has 2 heterocycles. The summed E-state index contributed by atoms with van der Waals surface area (Å²) in [6.45, 7) is 0.484. The summed E-state index contributed by atoms with van der Waals surface area (Å²) in [5, 5.41) is 0. The molecule has 2 aromatic rings. The number of esters is 1. The van der Waals surface area contributed by atoms with Crippen LogP contribution in [-0.2, 0) is 23.9 Å². The molecule has 37 heavy (non-hydrogen) atoms. The Bertz CT molecular complexity index is 1100. The van der Waals surface area contributed by atoms with E-state index in [1.165, 1.54) is 4.90 Å². The van der Waals surface area contributed by atoms with Crippen molar-refractivity contribution in [2.75, 3.05) is 20.2 Å². The second-order valence-electron chi connectivity index (χ2n) is 9.44. The summed E-state index contributed by atoms with van der Waals surface area (Å²) in [5.74, 6) is -8.89. The van der Waals surface area contributed by atoms with Crippen molar-refractivity contribution in [3.8, 4) is 0 Å². The number of methoxy groups -OCH3 is 1. The van der Waals surface area contributed by atoms with Crippen LogP contribution in [0.25, 0.3) is 0 Å². The van der Waals surface area contributed by atoms with Gasteiger partial charge in [-0.25, -0.2) is 4.79 Å². The van der Waals surface area contributed by atoms with Gasteiger partial charge in [0.1, 0.15) is 6.04 Å². The van der Waals surface area contributed by atoms with Crippen molar-refractivity contribution in [1.29, 1.82) is 0 Å². The van der Waals surface area contributed by atoms with E-state index in [-0.39, 0.29) is 31.2 Å². The quantitative estimate of drug-likeness (QED) is 0.399. The summed E-state index contributed by atoms with van der Waals surface area (Å²) in [7, 11) is 0.779. The Morgan fingerprint density at radius 1 is 0.865 bits per heavy atom. The molecule has 0 aliphatic carbocycles. The van der Waals surface area contributed by atoms with E-state index in [1.807, 2.05) is 60.7 Å². The maximum Gasteiger partial charge on any atom is 0.401 e. The zero-order chi connectivity index (χ0) is 26.6. The maximum absolute atomic E-state index is 14.3. The fraction of sp³-hybridized carbons (Fsp3) is 0.429. The molecule has 2 aromatic carbocycles. The van der Waals surface area contributed by atoms with E-state index in [0.717, 1.165) is 23.1 Å². The first-order chi connectivity index (χ1) is 17.8. The molecule has 0 radical (unpaired) electrons. The van der Waals surface area contributed by atoms with Crippen molar-refractivity contribution in [3.05, 3.63) is 71.8 Å². The van der Waals surface area contributed by atoms with Gasteiger partial charge in [0.15, 0.2) is 0 Å². The number of benzene rings is 2. The van der Waals surface area contributed by atoms with Gasteiger partial charge in [-0.05, 0) is 36.8 Å². The standard InChI is InChI=1S/C28H30F2N2O5/c1-37-27(36)28(29,30)25(34)22-14-8-17-32(22)26(35)23-15-9-16-31(23)24(33)18-21(19-10-4-2-5-11-19)20-12-6-3-7-13-20/h2-7,10-13,21-23H,8-9,14-18H2,1H3/t22?,23-/m1/s1. The largest absolute Gasteiger partial charge is 0.464 e. The third-order valence-electron chi connectivity index (χ3n) is 7.23. The number of Topliss-reactive ketones (excluding diaryl/α,β-unsaturated/α-hetero) is 1. The number of halogens is 2. The normalized spacial score (nSPS) is 19.8. The first-order valence-corrected chi connectivity index (χ1v) is 12.5. The summed E-state index contributed by atoms with van der Waals surface area (Å²) >= 11 is 0. The zero-order valence-corrected chi connectivity index (χ0v) is 20.6. The number of amides is 2. The highest BCUT2D eigenvalue weighted by atomic mass is 19.3. The average Bonchev–Trinajstić information content (AvgIpc) is 3.61. The fourth-order valence-electron chi connectivity index (χ4n) is 5.35. The van der Waals surface area contributed by atoms with Crippen molar-refractivity contribution < 1.29 is 32.7 Å². The number of alkyl halides is 2. The summed E-state index contributed by atoms with van der Waals surface area (Å²) in [6, 6.07) is 17.0. The van der Waals surface area contributed by atoms with Crippen LogP contribution in [-0.4, -0.2) is 71.6 Å². The lowest BCUT2D eigenvalue weighted by molar-refractivity contribution is -0.177. The monoisotopic (exact) mass is 512 g/mol. The van der Waals surface area contributed by atoms with Crippen molar-refractivity contribution in [1.82, 2.24) is 9.80 Å². The number of rotatable bonds is 8. The van der Waals surface area contributed by atoms with Gasteiger partial charge in [0.2, 0.25) is 17.6 Å². The van der Waals surface area contributed by atoms with E-state index in [1.54, 1.807) is 0 Å². The van der Waals surface area contributed by atoms with E-state index in [0.29, 0.717) is 25.8 Å². The smallest absolute Gasteiger partial charge is 0.401 e. The van der Waals surface area contributed by atoms with E-state index < -0.39 is 35.7 Å². The Balaban J connectivity index is 1.52. The molecule has 2 aliphatic heterocycles. The van der Waals surface area contributed by atoms with Crippen LogP contribution in [0, 0.1) is 0 Å². The molecule has 2 saturated heterocycles. The molecule has 196 valence electrons. The van der Waals surface area contributed by atoms with Gasteiger partial charge in [-0.2, -0.15) is 8.78 Å². The SMILES string of the molecule is COC(=O)C(F)(F)C(=O)C1CCCN1C(=O)[C@H]1CCCN1C(=O)CC(c1ccccc1)c1ccccc1. The maximum atomic E-state index is 14.3.